The van der Waals surface area contributed by atoms with Gasteiger partial charge in [0, 0.05) is 6.26 Å². The summed E-state index contributed by atoms with van der Waals surface area (Å²) in [6.07, 6.45) is 5.14. The number of hydrogen-bond acceptors (Lipinski definition) is 4. The van der Waals surface area contributed by atoms with Gasteiger partial charge in [-0.05, 0) is 55.9 Å². The van der Waals surface area contributed by atoms with Crippen molar-refractivity contribution < 1.29 is 13.2 Å². The van der Waals surface area contributed by atoms with Crippen molar-refractivity contribution in [2.45, 2.75) is 43.5 Å². The van der Waals surface area contributed by atoms with Crippen molar-refractivity contribution in [1.29, 1.82) is 0 Å². The number of isocyanates is 1. The van der Waals surface area contributed by atoms with E-state index in [1.807, 2.05) is 19.9 Å². The Kier molecular flexibility index (Phi) is 3.37. The van der Waals surface area contributed by atoms with Gasteiger partial charge in [0.25, 0.3) is 0 Å². The Bertz CT molecular complexity index is 666. The molecule has 102 valence electrons. The number of carbonyl (C=O) groups excluding carboxylic acids is 1. The first-order chi connectivity index (χ1) is 8.80. The second kappa shape index (κ2) is 4.58. The van der Waals surface area contributed by atoms with E-state index >= 15 is 0 Å². The van der Waals surface area contributed by atoms with Gasteiger partial charge in [0.2, 0.25) is 6.08 Å². The van der Waals surface area contributed by atoms with Gasteiger partial charge in [0.1, 0.15) is 0 Å². The molecule has 5 heteroatoms. The lowest BCUT2D eigenvalue weighted by atomic mass is 9.72. The van der Waals surface area contributed by atoms with Crippen LogP contribution in [-0.2, 0) is 20.2 Å². The molecule has 0 saturated heterocycles. The van der Waals surface area contributed by atoms with Crippen molar-refractivity contribution >= 4 is 15.9 Å². The normalized spacial score (nSPS) is 17.4. The summed E-state index contributed by atoms with van der Waals surface area (Å²) < 4.78 is 23.9. The van der Waals surface area contributed by atoms with Crippen molar-refractivity contribution in [2.75, 3.05) is 6.26 Å². The molecule has 2 rings (SSSR count). The van der Waals surface area contributed by atoms with Crippen LogP contribution in [0.5, 0.6) is 0 Å². The van der Waals surface area contributed by atoms with Gasteiger partial charge in [0.05, 0.1) is 10.4 Å². The molecule has 1 aromatic carbocycles. The summed E-state index contributed by atoms with van der Waals surface area (Å²) in [6.45, 7) is 3.81. The zero-order chi connectivity index (χ0) is 14.3. The average Bonchev–Trinajstić information content (AvgIpc) is 2.25. The SMILES string of the molecule is Cc1cc(C2(N=C=O)CCC2)c(S(C)(=O)=O)cc1C. The van der Waals surface area contributed by atoms with Crippen LogP contribution in [-0.4, -0.2) is 20.8 Å². The monoisotopic (exact) mass is 279 g/mol. The zero-order valence-corrected chi connectivity index (χ0v) is 12.2. The van der Waals surface area contributed by atoms with Gasteiger partial charge in [-0.1, -0.05) is 6.07 Å². The molecule has 0 spiro atoms. The van der Waals surface area contributed by atoms with Crippen LogP contribution in [0.1, 0.15) is 36.0 Å². The van der Waals surface area contributed by atoms with E-state index in [0.717, 1.165) is 17.5 Å². The van der Waals surface area contributed by atoms with Gasteiger partial charge >= 0.3 is 0 Å². The quantitative estimate of drug-likeness (QED) is 0.630. The minimum atomic E-state index is -3.34. The molecule has 1 aliphatic carbocycles. The van der Waals surface area contributed by atoms with E-state index in [9.17, 15) is 13.2 Å². The van der Waals surface area contributed by atoms with Gasteiger partial charge in [-0.25, -0.2) is 13.2 Å². The summed E-state index contributed by atoms with van der Waals surface area (Å²) in [4.78, 5) is 14.9. The van der Waals surface area contributed by atoms with Gasteiger partial charge in [0.15, 0.2) is 9.84 Å². The maximum Gasteiger partial charge on any atom is 0.235 e. The molecule has 0 radical (unpaired) electrons. The smallest absolute Gasteiger partial charge is 0.224 e. The molecule has 0 aromatic heterocycles. The molecule has 1 saturated carbocycles. The van der Waals surface area contributed by atoms with Crippen molar-refractivity contribution in [1.82, 2.24) is 0 Å². The number of sulfone groups is 1. The Hall–Kier alpha value is -1.45. The second-order valence-corrected chi connectivity index (χ2v) is 7.28. The van der Waals surface area contributed by atoms with Gasteiger partial charge < -0.3 is 0 Å². The van der Waals surface area contributed by atoms with E-state index in [2.05, 4.69) is 4.99 Å². The number of hydrogen-bond donors (Lipinski definition) is 0. The maximum atomic E-state index is 12.0. The number of aliphatic imine (C=N–C) groups is 1. The zero-order valence-electron chi connectivity index (χ0n) is 11.4. The van der Waals surface area contributed by atoms with E-state index in [-0.39, 0.29) is 4.90 Å². The molecule has 1 aromatic rings. The van der Waals surface area contributed by atoms with Crippen molar-refractivity contribution in [3.63, 3.8) is 0 Å². The summed E-state index contributed by atoms with van der Waals surface area (Å²) >= 11 is 0. The minimum Gasteiger partial charge on any atom is -0.224 e. The van der Waals surface area contributed by atoms with Crippen LogP contribution in [0.2, 0.25) is 0 Å². The fraction of sp³-hybridized carbons (Fsp3) is 0.500. The van der Waals surface area contributed by atoms with E-state index in [0.29, 0.717) is 18.4 Å². The number of nitrogens with zero attached hydrogens (tertiary/aromatic N) is 1. The Morgan fingerprint density at radius 3 is 2.21 bits per heavy atom. The molecule has 0 heterocycles. The van der Waals surface area contributed by atoms with E-state index in [1.165, 1.54) is 6.26 Å². The van der Waals surface area contributed by atoms with Crippen LogP contribution in [0.25, 0.3) is 0 Å². The molecular formula is C14H17NO3S. The molecule has 4 nitrogen and oxygen atoms in total. The second-order valence-electron chi connectivity index (χ2n) is 5.29. The number of rotatable bonds is 3. The topological polar surface area (TPSA) is 63.6 Å². The fourth-order valence-corrected chi connectivity index (χ4v) is 3.54. The highest BCUT2D eigenvalue weighted by Crippen LogP contribution is 2.47. The first-order valence-corrected chi connectivity index (χ1v) is 8.10. The Morgan fingerprint density at radius 2 is 1.79 bits per heavy atom. The first-order valence-electron chi connectivity index (χ1n) is 6.21. The third kappa shape index (κ3) is 2.36. The van der Waals surface area contributed by atoms with Crippen molar-refractivity contribution in [3.05, 3.63) is 28.8 Å². The summed E-state index contributed by atoms with van der Waals surface area (Å²) in [6, 6.07) is 3.53. The molecule has 0 aliphatic heterocycles. The van der Waals surface area contributed by atoms with Crippen molar-refractivity contribution in [2.24, 2.45) is 4.99 Å². The maximum absolute atomic E-state index is 12.0. The molecule has 0 atom stereocenters. The molecular weight excluding hydrogens is 262 g/mol. The Morgan fingerprint density at radius 1 is 1.21 bits per heavy atom. The van der Waals surface area contributed by atoms with E-state index in [4.69, 9.17) is 0 Å². The van der Waals surface area contributed by atoms with Gasteiger partial charge in [-0.2, -0.15) is 4.99 Å². The lowest BCUT2D eigenvalue weighted by Crippen LogP contribution is -2.33. The highest BCUT2D eigenvalue weighted by molar-refractivity contribution is 7.90. The van der Waals surface area contributed by atoms with Crippen LogP contribution in [0.15, 0.2) is 22.0 Å². The summed E-state index contributed by atoms with van der Waals surface area (Å²) in [7, 11) is -3.34. The third-order valence-corrected chi connectivity index (χ3v) is 5.07. The van der Waals surface area contributed by atoms with Crippen LogP contribution in [0, 0.1) is 13.8 Å². The molecule has 1 fully saturated rings. The fourth-order valence-electron chi connectivity index (χ4n) is 2.50. The standard InChI is InChI=1S/C14H17NO3S/c1-10-7-12(14(15-9-16)5-4-6-14)13(8-11(10)2)19(3,17)18/h7-8H,4-6H2,1-3H3. The molecule has 0 bridgehead atoms. The Balaban J connectivity index is 2.75. The molecule has 1 aliphatic rings. The van der Waals surface area contributed by atoms with Crippen LogP contribution in [0.3, 0.4) is 0 Å². The van der Waals surface area contributed by atoms with Gasteiger partial charge in [-0.3, -0.25) is 0 Å². The molecule has 0 unspecified atom stereocenters. The molecule has 19 heavy (non-hydrogen) atoms. The number of benzene rings is 1. The van der Waals surface area contributed by atoms with E-state index < -0.39 is 15.4 Å². The average molecular weight is 279 g/mol. The largest absolute Gasteiger partial charge is 0.235 e. The summed E-state index contributed by atoms with van der Waals surface area (Å²) in [5.74, 6) is 0. The molecule has 0 amide bonds. The summed E-state index contributed by atoms with van der Waals surface area (Å²) in [5, 5.41) is 0. The third-order valence-electron chi connectivity index (χ3n) is 3.94. The predicted molar refractivity (Wildman–Crippen MR) is 72.7 cm³/mol. The van der Waals surface area contributed by atoms with Crippen LogP contribution >= 0.6 is 0 Å². The van der Waals surface area contributed by atoms with Crippen molar-refractivity contribution in [3.8, 4) is 0 Å². The summed E-state index contributed by atoms with van der Waals surface area (Å²) in [5.41, 5.74) is 1.90. The Labute approximate surface area is 113 Å². The lowest BCUT2D eigenvalue weighted by molar-refractivity contribution is 0.251. The highest BCUT2D eigenvalue weighted by Gasteiger charge is 2.42. The highest BCUT2D eigenvalue weighted by atomic mass is 32.2. The molecule has 0 N–H and O–H groups in total. The minimum absolute atomic E-state index is 0.286. The van der Waals surface area contributed by atoms with Crippen LogP contribution < -0.4 is 0 Å². The van der Waals surface area contributed by atoms with E-state index in [1.54, 1.807) is 12.1 Å². The number of aryl methyl sites for hydroxylation is 2. The first kappa shape index (κ1) is 14.0. The van der Waals surface area contributed by atoms with Gasteiger partial charge in [-0.15, -0.1) is 0 Å². The predicted octanol–water partition coefficient (Wildman–Crippen LogP) is 2.42. The lowest BCUT2D eigenvalue weighted by Gasteiger charge is -2.38. The van der Waals surface area contributed by atoms with Crippen LogP contribution in [0.4, 0.5) is 0 Å².